The van der Waals surface area contributed by atoms with E-state index < -0.39 is 0 Å². The number of aromatic nitrogens is 2. The molecule has 2 rings (SSSR count). The zero-order valence-corrected chi connectivity index (χ0v) is 11.8. The minimum atomic E-state index is -0.306. The monoisotopic (exact) mass is 272 g/mol. The Balaban J connectivity index is 0.00000162. The summed E-state index contributed by atoms with van der Waals surface area (Å²) in [5.74, 6) is 0.782. The minimum absolute atomic E-state index is 0. The van der Waals surface area contributed by atoms with E-state index in [-0.39, 0.29) is 24.4 Å². The Labute approximate surface area is 114 Å². The van der Waals surface area contributed by atoms with Gasteiger partial charge in [-0.2, -0.15) is 5.10 Å². The molecule has 0 aliphatic heterocycles. The lowest BCUT2D eigenvalue weighted by Gasteiger charge is -2.34. The summed E-state index contributed by atoms with van der Waals surface area (Å²) in [7, 11) is 3.64. The van der Waals surface area contributed by atoms with E-state index in [1.807, 2.05) is 13.2 Å². The smallest absolute Gasteiger partial charge is 0.242 e. The van der Waals surface area contributed by atoms with Crippen LogP contribution >= 0.6 is 12.4 Å². The number of carbonyl (C=O) groups excluding carboxylic acids is 1. The largest absolute Gasteiger partial charge is 0.352 e. The average Bonchev–Trinajstić information content (AvgIpc) is 2.64. The van der Waals surface area contributed by atoms with Crippen molar-refractivity contribution in [2.45, 2.75) is 31.8 Å². The highest BCUT2D eigenvalue weighted by Gasteiger charge is 2.29. The Kier molecular flexibility index (Phi) is 5.16. The number of likely N-dealkylation sites (N-methyl/N-ethyl adjacent to an activating group) is 1. The SMILES string of the molecule is CNC(C(=O)NC1CC(C)C1)c1cnn(C)c1.Cl. The summed E-state index contributed by atoms with van der Waals surface area (Å²) in [6.07, 6.45) is 5.78. The zero-order valence-electron chi connectivity index (χ0n) is 11.0. The van der Waals surface area contributed by atoms with Crippen LogP contribution < -0.4 is 10.6 Å². The van der Waals surface area contributed by atoms with Gasteiger partial charge in [0, 0.05) is 24.8 Å². The number of nitrogens with one attached hydrogen (secondary N) is 2. The van der Waals surface area contributed by atoms with Crippen molar-refractivity contribution in [1.29, 1.82) is 0 Å². The first-order valence-electron chi connectivity index (χ1n) is 6.06. The van der Waals surface area contributed by atoms with Gasteiger partial charge >= 0.3 is 0 Å². The number of rotatable bonds is 4. The van der Waals surface area contributed by atoms with Crippen molar-refractivity contribution in [3.8, 4) is 0 Å². The summed E-state index contributed by atoms with van der Waals surface area (Å²) >= 11 is 0. The van der Waals surface area contributed by atoms with Gasteiger partial charge in [-0.15, -0.1) is 12.4 Å². The van der Waals surface area contributed by atoms with E-state index >= 15 is 0 Å². The topological polar surface area (TPSA) is 59.0 Å². The molecule has 1 aromatic rings. The van der Waals surface area contributed by atoms with Crippen LogP contribution in [0.4, 0.5) is 0 Å². The summed E-state index contributed by atoms with van der Waals surface area (Å²) in [5.41, 5.74) is 0.903. The van der Waals surface area contributed by atoms with E-state index in [1.54, 1.807) is 17.9 Å². The molecule has 1 aliphatic carbocycles. The van der Waals surface area contributed by atoms with Gasteiger partial charge in [-0.25, -0.2) is 0 Å². The fraction of sp³-hybridized carbons (Fsp3) is 0.667. The fourth-order valence-electron chi connectivity index (χ4n) is 2.34. The maximum atomic E-state index is 12.1. The molecule has 1 heterocycles. The molecule has 2 N–H and O–H groups in total. The van der Waals surface area contributed by atoms with Crippen molar-refractivity contribution in [3.63, 3.8) is 0 Å². The zero-order chi connectivity index (χ0) is 12.4. The second kappa shape index (κ2) is 6.20. The van der Waals surface area contributed by atoms with Crippen LogP contribution in [0.1, 0.15) is 31.4 Å². The number of halogens is 1. The highest BCUT2D eigenvalue weighted by atomic mass is 35.5. The molecular weight excluding hydrogens is 252 g/mol. The van der Waals surface area contributed by atoms with Crippen LogP contribution in [0.25, 0.3) is 0 Å². The third kappa shape index (κ3) is 3.23. The predicted octanol–water partition coefficient (Wildman–Crippen LogP) is 1.02. The molecular formula is C12H21ClN4O. The van der Waals surface area contributed by atoms with Gasteiger partial charge in [0.1, 0.15) is 6.04 Å². The molecule has 0 radical (unpaired) electrons. The van der Waals surface area contributed by atoms with Crippen molar-refractivity contribution in [3.05, 3.63) is 18.0 Å². The molecule has 0 aromatic carbocycles. The van der Waals surface area contributed by atoms with Crippen molar-refractivity contribution in [1.82, 2.24) is 20.4 Å². The predicted molar refractivity (Wildman–Crippen MR) is 72.6 cm³/mol. The van der Waals surface area contributed by atoms with Crippen LogP contribution in [0.3, 0.4) is 0 Å². The molecule has 18 heavy (non-hydrogen) atoms. The second-order valence-electron chi connectivity index (χ2n) is 4.95. The Hall–Kier alpha value is -1.07. The van der Waals surface area contributed by atoms with Gasteiger partial charge < -0.3 is 10.6 Å². The molecule has 1 unspecified atom stereocenters. The van der Waals surface area contributed by atoms with E-state index in [0.717, 1.165) is 24.3 Å². The lowest BCUT2D eigenvalue weighted by Crippen LogP contribution is -2.47. The Morgan fingerprint density at radius 1 is 1.56 bits per heavy atom. The van der Waals surface area contributed by atoms with Gasteiger partial charge in [0.25, 0.3) is 0 Å². The van der Waals surface area contributed by atoms with Gasteiger partial charge in [0.15, 0.2) is 0 Å². The van der Waals surface area contributed by atoms with E-state index in [1.165, 1.54) is 0 Å². The summed E-state index contributed by atoms with van der Waals surface area (Å²) in [6, 6.07) is 0.0460. The van der Waals surface area contributed by atoms with E-state index in [0.29, 0.717) is 6.04 Å². The van der Waals surface area contributed by atoms with Crippen LogP contribution in [0, 0.1) is 5.92 Å². The molecule has 1 saturated carbocycles. The molecule has 0 bridgehead atoms. The van der Waals surface area contributed by atoms with Crippen LogP contribution in [0.5, 0.6) is 0 Å². The number of aryl methyl sites for hydroxylation is 1. The van der Waals surface area contributed by atoms with Crippen molar-refractivity contribution in [2.24, 2.45) is 13.0 Å². The van der Waals surface area contributed by atoms with Crippen molar-refractivity contribution >= 4 is 18.3 Å². The van der Waals surface area contributed by atoms with Crippen molar-refractivity contribution in [2.75, 3.05) is 7.05 Å². The highest BCUT2D eigenvalue weighted by molar-refractivity contribution is 5.85. The second-order valence-corrected chi connectivity index (χ2v) is 4.95. The number of nitrogens with zero attached hydrogens (tertiary/aromatic N) is 2. The summed E-state index contributed by atoms with van der Waals surface area (Å²) < 4.78 is 1.71. The Morgan fingerprint density at radius 3 is 2.67 bits per heavy atom. The summed E-state index contributed by atoms with van der Waals surface area (Å²) in [4.78, 5) is 12.1. The summed E-state index contributed by atoms with van der Waals surface area (Å²) in [6.45, 7) is 2.21. The van der Waals surface area contributed by atoms with Crippen LogP contribution in [-0.2, 0) is 11.8 Å². The number of hydrogen-bond acceptors (Lipinski definition) is 3. The van der Waals surface area contributed by atoms with Gasteiger partial charge in [0.2, 0.25) is 5.91 Å². The third-order valence-electron chi connectivity index (χ3n) is 3.33. The fourth-order valence-corrected chi connectivity index (χ4v) is 2.34. The molecule has 6 heteroatoms. The first-order valence-corrected chi connectivity index (χ1v) is 6.06. The number of hydrogen-bond donors (Lipinski definition) is 2. The molecule has 102 valence electrons. The number of carbonyl (C=O) groups is 1. The molecule has 5 nitrogen and oxygen atoms in total. The van der Waals surface area contributed by atoms with Gasteiger partial charge in [-0.1, -0.05) is 6.92 Å². The molecule has 0 spiro atoms. The first-order chi connectivity index (χ1) is 8.10. The average molecular weight is 273 g/mol. The minimum Gasteiger partial charge on any atom is -0.352 e. The normalized spacial score (nSPS) is 23.7. The van der Waals surface area contributed by atoms with Crippen LogP contribution in [0.2, 0.25) is 0 Å². The van der Waals surface area contributed by atoms with E-state index in [9.17, 15) is 4.79 Å². The molecule has 1 aliphatic rings. The van der Waals surface area contributed by atoms with Gasteiger partial charge in [-0.3, -0.25) is 9.48 Å². The van der Waals surface area contributed by atoms with Crippen molar-refractivity contribution < 1.29 is 4.79 Å². The molecule has 1 fully saturated rings. The maximum Gasteiger partial charge on any atom is 0.242 e. The standard InChI is InChI=1S/C12H20N4O.ClH/c1-8-4-10(5-8)15-12(17)11(13-2)9-6-14-16(3)7-9;/h6-8,10-11,13H,4-5H2,1-3H3,(H,15,17);1H. The quantitative estimate of drug-likeness (QED) is 0.860. The van der Waals surface area contributed by atoms with Crippen LogP contribution in [0.15, 0.2) is 12.4 Å². The molecule has 1 aromatic heterocycles. The van der Waals surface area contributed by atoms with Crippen LogP contribution in [-0.4, -0.2) is 28.8 Å². The molecule has 1 atom stereocenters. The first kappa shape index (κ1) is 15.0. The molecule has 0 saturated heterocycles. The van der Waals surface area contributed by atoms with Gasteiger partial charge in [-0.05, 0) is 25.8 Å². The maximum absolute atomic E-state index is 12.1. The van der Waals surface area contributed by atoms with E-state index in [2.05, 4.69) is 22.7 Å². The third-order valence-corrected chi connectivity index (χ3v) is 3.33. The highest BCUT2D eigenvalue weighted by Crippen LogP contribution is 2.26. The van der Waals surface area contributed by atoms with Gasteiger partial charge in [0.05, 0.1) is 6.20 Å². The molecule has 1 amide bonds. The lowest BCUT2D eigenvalue weighted by molar-refractivity contribution is -0.124. The Bertz CT molecular complexity index is 401. The lowest BCUT2D eigenvalue weighted by atomic mass is 9.82. The van der Waals surface area contributed by atoms with E-state index in [4.69, 9.17) is 0 Å². The summed E-state index contributed by atoms with van der Waals surface area (Å²) in [5, 5.41) is 10.2. The number of amides is 1. The Morgan fingerprint density at radius 2 is 2.22 bits per heavy atom.